The van der Waals surface area contributed by atoms with Gasteiger partial charge in [0, 0.05) is 26.2 Å². The van der Waals surface area contributed by atoms with Crippen molar-refractivity contribution in [1.29, 1.82) is 0 Å². The van der Waals surface area contributed by atoms with E-state index in [1.807, 2.05) is 11.8 Å². The first-order valence-corrected chi connectivity index (χ1v) is 8.71. The molecule has 0 atom stereocenters. The van der Waals surface area contributed by atoms with E-state index in [0.717, 1.165) is 13.1 Å². The van der Waals surface area contributed by atoms with Gasteiger partial charge < -0.3 is 5.32 Å². The minimum absolute atomic E-state index is 0.258. The Morgan fingerprint density at radius 2 is 2.00 bits per heavy atom. The first-order chi connectivity index (χ1) is 7.68. The summed E-state index contributed by atoms with van der Waals surface area (Å²) >= 11 is 1.98. The molecule has 0 saturated carbocycles. The van der Waals surface area contributed by atoms with Crippen LogP contribution < -0.4 is 5.32 Å². The maximum atomic E-state index is 12.0. The summed E-state index contributed by atoms with van der Waals surface area (Å²) in [6, 6.07) is 0. The van der Waals surface area contributed by atoms with E-state index < -0.39 is 10.0 Å². The summed E-state index contributed by atoms with van der Waals surface area (Å²) in [6.45, 7) is 2.77. The van der Waals surface area contributed by atoms with Gasteiger partial charge in [-0.1, -0.05) is 0 Å². The van der Waals surface area contributed by atoms with Crippen molar-refractivity contribution >= 4 is 21.8 Å². The third kappa shape index (κ3) is 3.35. The predicted octanol–water partition coefficient (Wildman–Crippen LogP) is 0.365. The number of sulfonamides is 1. The van der Waals surface area contributed by atoms with Crippen molar-refractivity contribution in [3.63, 3.8) is 0 Å². The van der Waals surface area contributed by atoms with Crippen LogP contribution in [-0.4, -0.2) is 56.2 Å². The lowest BCUT2D eigenvalue weighted by Gasteiger charge is -2.27. The maximum Gasteiger partial charge on any atom is 0.215 e. The molecule has 2 saturated heterocycles. The Morgan fingerprint density at radius 1 is 1.25 bits per heavy atom. The zero-order valence-electron chi connectivity index (χ0n) is 9.52. The molecular formula is C10H20N2O2S2. The van der Waals surface area contributed by atoms with Crippen LogP contribution in [0.3, 0.4) is 0 Å². The van der Waals surface area contributed by atoms with Gasteiger partial charge in [-0.25, -0.2) is 12.7 Å². The van der Waals surface area contributed by atoms with Crippen LogP contribution in [0.25, 0.3) is 0 Å². The van der Waals surface area contributed by atoms with Gasteiger partial charge in [-0.3, -0.25) is 0 Å². The molecule has 2 rings (SSSR count). The molecule has 4 nitrogen and oxygen atoms in total. The largest absolute Gasteiger partial charge is 0.314 e. The third-order valence-electron chi connectivity index (χ3n) is 3.27. The molecule has 2 fully saturated rings. The lowest BCUT2D eigenvalue weighted by Crippen LogP contribution is -2.38. The van der Waals surface area contributed by atoms with Crippen LogP contribution in [0, 0.1) is 5.92 Å². The SMILES string of the molecule is O=S1(=O)CCNCCN1CC1CCSCC1. The Labute approximate surface area is 102 Å². The lowest BCUT2D eigenvalue weighted by atomic mass is 10.0. The highest BCUT2D eigenvalue weighted by Crippen LogP contribution is 2.24. The Bertz CT molecular complexity index is 313. The van der Waals surface area contributed by atoms with Gasteiger partial charge in [0.15, 0.2) is 0 Å². The monoisotopic (exact) mass is 264 g/mol. The van der Waals surface area contributed by atoms with Gasteiger partial charge in [0.25, 0.3) is 0 Å². The zero-order chi connectivity index (χ0) is 11.4. The van der Waals surface area contributed by atoms with Gasteiger partial charge in [-0.05, 0) is 30.3 Å². The van der Waals surface area contributed by atoms with Crippen LogP contribution in [0.1, 0.15) is 12.8 Å². The van der Waals surface area contributed by atoms with Crippen LogP contribution >= 0.6 is 11.8 Å². The normalized spacial score (nSPS) is 28.8. The minimum Gasteiger partial charge on any atom is -0.314 e. The summed E-state index contributed by atoms with van der Waals surface area (Å²) in [5.41, 5.74) is 0. The topological polar surface area (TPSA) is 49.4 Å². The lowest BCUT2D eigenvalue weighted by molar-refractivity contribution is 0.334. The number of hydrogen-bond acceptors (Lipinski definition) is 4. The van der Waals surface area contributed by atoms with Gasteiger partial charge in [-0.2, -0.15) is 11.8 Å². The van der Waals surface area contributed by atoms with E-state index in [4.69, 9.17) is 0 Å². The molecule has 6 heteroatoms. The summed E-state index contributed by atoms with van der Waals surface area (Å²) < 4.78 is 25.6. The second kappa shape index (κ2) is 5.71. The molecule has 0 unspecified atom stereocenters. The third-order valence-corrected chi connectivity index (χ3v) is 6.16. The highest BCUT2D eigenvalue weighted by atomic mass is 32.2. The fraction of sp³-hybridized carbons (Fsp3) is 1.00. The van der Waals surface area contributed by atoms with Gasteiger partial charge in [0.2, 0.25) is 10.0 Å². The van der Waals surface area contributed by atoms with E-state index in [9.17, 15) is 8.42 Å². The second-order valence-electron chi connectivity index (χ2n) is 4.48. The molecule has 2 aliphatic heterocycles. The molecule has 0 aromatic rings. The van der Waals surface area contributed by atoms with Crippen LogP contribution in [0.5, 0.6) is 0 Å². The maximum absolute atomic E-state index is 12.0. The molecule has 94 valence electrons. The van der Waals surface area contributed by atoms with E-state index >= 15 is 0 Å². The molecule has 16 heavy (non-hydrogen) atoms. The van der Waals surface area contributed by atoms with E-state index in [2.05, 4.69) is 5.32 Å². The summed E-state index contributed by atoms with van der Waals surface area (Å²) in [5.74, 6) is 3.22. The van der Waals surface area contributed by atoms with Gasteiger partial charge in [-0.15, -0.1) is 0 Å². The smallest absolute Gasteiger partial charge is 0.215 e. The molecule has 0 spiro atoms. The standard InChI is InChI=1S/C10H20N2O2S2/c13-16(14)8-4-11-3-5-12(16)9-10-1-6-15-7-2-10/h10-11H,1-9H2. The average Bonchev–Trinajstić information content (AvgIpc) is 2.43. The molecule has 0 aromatic heterocycles. The van der Waals surface area contributed by atoms with Crippen LogP contribution in [0.4, 0.5) is 0 Å². The number of nitrogens with one attached hydrogen (secondary N) is 1. The molecule has 0 radical (unpaired) electrons. The molecule has 0 bridgehead atoms. The number of nitrogens with zero attached hydrogens (tertiary/aromatic N) is 1. The molecule has 0 amide bonds. The highest BCUT2D eigenvalue weighted by molar-refractivity contribution is 7.99. The van der Waals surface area contributed by atoms with E-state index in [0.29, 0.717) is 19.0 Å². The number of rotatable bonds is 2. The summed E-state index contributed by atoms with van der Waals surface area (Å²) in [6.07, 6.45) is 2.34. The Hall–Kier alpha value is 0.220. The second-order valence-corrected chi connectivity index (χ2v) is 7.79. The molecule has 2 heterocycles. The van der Waals surface area contributed by atoms with Crippen molar-refractivity contribution < 1.29 is 8.42 Å². The fourth-order valence-electron chi connectivity index (χ4n) is 2.22. The van der Waals surface area contributed by atoms with Gasteiger partial charge in [0.05, 0.1) is 5.75 Å². The van der Waals surface area contributed by atoms with Crippen LogP contribution in [-0.2, 0) is 10.0 Å². The average molecular weight is 264 g/mol. The quantitative estimate of drug-likeness (QED) is 0.783. The summed E-state index contributed by atoms with van der Waals surface area (Å²) in [7, 11) is -3.00. The minimum atomic E-state index is -3.00. The predicted molar refractivity (Wildman–Crippen MR) is 68.3 cm³/mol. The fourth-order valence-corrected chi connectivity index (χ4v) is 4.89. The zero-order valence-corrected chi connectivity index (χ0v) is 11.2. The van der Waals surface area contributed by atoms with Crippen molar-refractivity contribution in [2.45, 2.75) is 12.8 Å². The molecule has 1 N–H and O–H groups in total. The molecule has 0 aliphatic carbocycles. The van der Waals surface area contributed by atoms with Gasteiger partial charge >= 0.3 is 0 Å². The first-order valence-electron chi connectivity index (χ1n) is 5.95. The van der Waals surface area contributed by atoms with Crippen molar-refractivity contribution in [2.24, 2.45) is 5.92 Å². The molecule has 0 aromatic carbocycles. The van der Waals surface area contributed by atoms with Crippen molar-refractivity contribution in [3.8, 4) is 0 Å². The van der Waals surface area contributed by atoms with E-state index in [1.165, 1.54) is 24.3 Å². The first kappa shape index (κ1) is 12.7. The van der Waals surface area contributed by atoms with Crippen LogP contribution in [0.2, 0.25) is 0 Å². The number of thioether (sulfide) groups is 1. The molecule has 2 aliphatic rings. The highest BCUT2D eigenvalue weighted by Gasteiger charge is 2.27. The van der Waals surface area contributed by atoms with Crippen molar-refractivity contribution in [2.75, 3.05) is 43.4 Å². The molecular weight excluding hydrogens is 244 g/mol. The van der Waals surface area contributed by atoms with Gasteiger partial charge in [0.1, 0.15) is 0 Å². The summed E-state index contributed by atoms with van der Waals surface area (Å²) in [4.78, 5) is 0. The Balaban J connectivity index is 1.95. The number of hydrogen-bond donors (Lipinski definition) is 1. The van der Waals surface area contributed by atoms with Crippen molar-refractivity contribution in [1.82, 2.24) is 9.62 Å². The Kier molecular flexibility index (Phi) is 4.52. The van der Waals surface area contributed by atoms with Crippen molar-refractivity contribution in [3.05, 3.63) is 0 Å². The van der Waals surface area contributed by atoms with E-state index in [-0.39, 0.29) is 5.75 Å². The van der Waals surface area contributed by atoms with E-state index in [1.54, 1.807) is 4.31 Å². The van der Waals surface area contributed by atoms with Crippen LogP contribution in [0.15, 0.2) is 0 Å². The summed E-state index contributed by atoms with van der Waals surface area (Å²) in [5, 5.41) is 3.15. The Morgan fingerprint density at radius 3 is 2.75 bits per heavy atom.